The zero-order valence-corrected chi connectivity index (χ0v) is 12.6. The lowest BCUT2D eigenvalue weighted by atomic mass is 9.90. The van der Waals surface area contributed by atoms with Crippen LogP contribution in [0.5, 0.6) is 0 Å². The van der Waals surface area contributed by atoms with Crippen LogP contribution in [0.4, 0.5) is 0 Å². The molecular formula is C16H28N2O. The Labute approximate surface area is 117 Å². The van der Waals surface area contributed by atoms with E-state index >= 15 is 0 Å². The molecule has 1 aromatic rings. The van der Waals surface area contributed by atoms with Crippen LogP contribution in [0, 0.1) is 6.92 Å². The summed E-state index contributed by atoms with van der Waals surface area (Å²) < 4.78 is 5.38. The zero-order valence-electron chi connectivity index (χ0n) is 12.6. The fourth-order valence-electron chi connectivity index (χ4n) is 3.04. The molecule has 1 heterocycles. The first-order chi connectivity index (χ1) is 9.20. The molecule has 2 rings (SSSR count). The highest BCUT2D eigenvalue weighted by Crippen LogP contribution is 2.24. The molecule has 3 heteroatoms. The van der Waals surface area contributed by atoms with E-state index in [0.717, 1.165) is 24.4 Å². The second-order valence-electron chi connectivity index (χ2n) is 5.88. The van der Waals surface area contributed by atoms with Gasteiger partial charge in [0.2, 0.25) is 0 Å². The molecule has 1 aliphatic rings. The van der Waals surface area contributed by atoms with E-state index in [1.54, 1.807) is 6.26 Å². The summed E-state index contributed by atoms with van der Waals surface area (Å²) in [5, 5.41) is 3.65. The largest absolute Gasteiger partial charge is 0.469 e. The van der Waals surface area contributed by atoms with E-state index in [0.29, 0.717) is 0 Å². The van der Waals surface area contributed by atoms with Crippen molar-refractivity contribution in [3.8, 4) is 0 Å². The quantitative estimate of drug-likeness (QED) is 0.854. The Morgan fingerprint density at radius 2 is 2.05 bits per heavy atom. The highest BCUT2D eigenvalue weighted by Gasteiger charge is 2.23. The Morgan fingerprint density at radius 3 is 2.63 bits per heavy atom. The molecule has 1 N–H and O–H groups in total. The maximum Gasteiger partial charge on any atom is 0.105 e. The third kappa shape index (κ3) is 4.08. The second kappa shape index (κ2) is 7.11. The van der Waals surface area contributed by atoms with Crippen LogP contribution in [0.1, 0.15) is 50.4 Å². The molecule has 1 aliphatic carbocycles. The first kappa shape index (κ1) is 14.6. The van der Waals surface area contributed by atoms with E-state index in [4.69, 9.17) is 4.42 Å². The van der Waals surface area contributed by atoms with Crippen LogP contribution >= 0.6 is 0 Å². The summed E-state index contributed by atoms with van der Waals surface area (Å²) in [6.45, 7) is 6.47. The van der Waals surface area contributed by atoms with Gasteiger partial charge in [-0.2, -0.15) is 0 Å². The lowest BCUT2D eigenvalue weighted by Gasteiger charge is -2.35. The number of rotatable bonds is 6. The summed E-state index contributed by atoms with van der Waals surface area (Å²) in [4.78, 5) is 2.49. The van der Waals surface area contributed by atoms with Gasteiger partial charge in [-0.3, -0.25) is 4.90 Å². The summed E-state index contributed by atoms with van der Waals surface area (Å²) in [5.74, 6) is 1.06. The summed E-state index contributed by atoms with van der Waals surface area (Å²) in [5.41, 5.74) is 1.33. The van der Waals surface area contributed by atoms with Crippen molar-refractivity contribution >= 4 is 0 Å². The molecule has 3 nitrogen and oxygen atoms in total. The van der Waals surface area contributed by atoms with Crippen molar-refractivity contribution in [2.24, 2.45) is 0 Å². The van der Waals surface area contributed by atoms with Crippen LogP contribution in [-0.4, -0.2) is 30.6 Å². The SMILES string of the molecule is CCCNC1CCC(N(C)Cc2ccoc2C)CC1. The monoisotopic (exact) mass is 264 g/mol. The summed E-state index contributed by atoms with van der Waals surface area (Å²) >= 11 is 0. The molecule has 0 saturated heterocycles. The normalized spacial score (nSPS) is 24.0. The lowest BCUT2D eigenvalue weighted by molar-refractivity contribution is 0.167. The number of hydrogen-bond donors (Lipinski definition) is 1. The van der Waals surface area contributed by atoms with Crippen LogP contribution in [0.2, 0.25) is 0 Å². The molecule has 1 aromatic heterocycles. The average Bonchev–Trinajstić information content (AvgIpc) is 2.82. The van der Waals surface area contributed by atoms with Gasteiger partial charge in [0.15, 0.2) is 0 Å². The van der Waals surface area contributed by atoms with Crippen LogP contribution in [0.25, 0.3) is 0 Å². The molecule has 0 radical (unpaired) electrons. The molecule has 108 valence electrons. The van der Waals surface area contributed by atoms with Gasteiger partial charge in [-0.05, 0) is 58.7 Å². The van der Waals surface area contributed by atoms with Gasteiger partial charge in [-0.1, -0.05) is 6.92 Å². The molecule has 0 spiro atoms. The van der Waals surface area contributed by atoms with Crippen molar-refractivity contribution < 1.29 is 4.42 Å². The fraction of sp³-hybridized carbons (Fsp3) is 0.750. The molecule has 1 saturated carbocycles. The molecule has 0 atom stereocenters. The number of aryl methyl sites for hydroxylation is 1. The smallest absolute Gasteiger partial charge is 0.105 e. The molecular weight excluding hydrogens is 236 g/mol. The predicted octanol–water partition coefficient (Wildman–Crippen LogP) is 3.33. The average molecular weight is 264 g/mol. The molecule has 0 unspecified atom stereocenters. The second-order valence-corrected chi connectivity index (χ2v) is 5.88. The Kier molecular flexibility index (Phi) is 5.46. The van der Waals surface area contributed by atoms with Gasteiger partial charge in [0.05, 0.1) is 6.26 Å². The fourth-order valence-corrected chi connectivity index (χ4v) is 3.04. The van der Waals surface area contributed by atoms with Crippen LogP contribution in [-0.2, 0) is 6.54 Å². The zero-order chi connectivity index (χ0) is 13.7. The summed E-state index contributed by atoms with van der Waals surface area (Å²) in [7, 11) is 2.25. The maximum absolute atomic E-state index is 5.38. The van der Waals surface area contributed by atoms with Gasteiger partial charge in [-0.15, -0.1) is 0 Å². The van der Waals surface area contributed by atoms with E-state index in [1.807, 2.05) is 0 Å². The van der Waals surface area contributed by atoms with Crippen molar-refractivity contribution in [3.05, 3.63) is 23.7 Å². The van der Waals surface area contributed by atoms with E-state index in [2.05, 4.69) is 37.2 Å². The highest BCUT2D eigenvalue weighted by atomic mass is 16.3. The van der Waals surface area contributed by atoms with Crippen molar-refractivity contribution in [2.45, 2.75) is 64.6 Å². The molecule has 0 aliphatic heterocycles. The maximum atomic E-state index is 5.38. The number of hydrogen-bond acceptors (Lipinski definition) is 3. The van der Waals surface area contributed by atoms with E-state index < -0.39 is 0 Å². The topological polar surface area (TPSA) is 28.4 Å². The minimum Gasteiger partial charge on any atom is -0.469 e. The summed E-state index contributed by atoms with van der Waals surface area (Å²) in [6.07, 6.45) is 8.30. The minimum atomic E-state index is 0.731. The van der Waals surface area contributed by atoms with Gasteiger partial charge < -0.3 is 9.73 Å². The third-order valence-electron chi connectivity index (χ3n) is 4.39. The summed E-state index contributed by atoms with van der Waals surface area (Å²) in [6, 6.07) is 3.58. The van der Waals surface area contributed by atoms with Crippen LogP contribution < -0.4 is 5.32 Å². The van der Waals surface area contributed by atoms with Crippen molar-refractivity contribution in [2.75, 3.05) is 13.6 Å². The van der Waals surface area contributed by atoms with E-state index in [9.17, 15) is 0 Å². The van der Waals surface area contributed by atoms with Crippen LogP contribution in [0.15, 0.2) is 16.7 Å². The van der Waals surface area contributed by atoms with Gasteiger partial charge >= 0.3 is 0 Å². The number of furan rings is 1. The van der Waals surface area contributed by atoms with Crippen molar-refractivity contribution in [3.63, 3.8) is 0 Å². The molecule has 1 fully saturated rings. The first-order valence-electron chi connectivity index (χ1n) is 7.67. The number of nitrogens with one attached hydrogen (secondary N) is 1. The molecule has 19 heavy (non-hydrogen) atoms. The Balaban J connectivity index is 1.76. The minimum absolute atomic E-state index is 0.731. The molecule has 0 aromatic carbocycles. The van der Waals surface area contributed by atoms with Crippen molar-refractivity contribution in [1.29, 1.82) is 0 Å². The molecule has 0 amide bonds. The Hall–Kier alpha value is -0.800. The Bertz CT molecular complexity index is 367. The van der Waals surface area contributed by atoms with Crippen LogP contribution in [0.3, 0.4) is 0 Å². The van der Waals surface area contributed by atoms with Gasteiger partial charge in [0, 0.05) is 24.2 Å². The van der Waals surface area contributed by atoms with E-state index in [-0.39, 0.29) is 0 Å². The van der Waals surface area contributed by atoms with E-state index in [1.165, 1.54) is 44.2 Å². The standard InChI is InChI=1S/C16H28N2O/c1-4-10-17-15-5-7-16(8-6-15)18(3)12-14-9-11-19-13(14)2/h9,11,15-17H,4-8,10,12H2,1-3H3. The van der Waals surface area contributed by atoms with Crippen molar-refractivity contribution in [1.82, 2.24) is 10.2 Å². The third-order valence-corrected chi connectivity index (χ3v) is 4.39. The van der Waals surface area contributed by atoms with Gasteiger partial charge in [0.1, 0.15) is 5.76 Å². The van der Waals surface area contributed by atoms with Gasteiger partial charge in [-0.25, -0.2) is 0 Å². The predicted molar refractivity (Wildman–Crippen MR) is 79.2 cm³/mol. The first-order valence-corrected chi connectivity index (χ1v) is 7.67. The Morgan fingerprint density at radius 1 is 1.32 bits per heavy atom. The van der Waals surface area contributed by atoms with Gasteiger partial charge in [0.25, 0.3) is 0 Å². The highest BCUT2D eigenvalue weighted by molar-refractivity contribution is 5.15. The lowest BCUT2D eigenvalue weighted by Crippen LogP contribution is -2.40. The molecule has 0 bridgehead atoms. The number of nitrogens with zero attached hydrogens (tertiary/aromatic N) is 1.